The predicted molar refractivity (Wildman–Crippen MR) is 83.8 cm³/mol. The summed E-state index contributed by atoms with van der Waals surface area (Å²) < 4.78 is 2.23. The molecule has 0 aliphatic heterocycles. The summed E-state index contributed by atoms with van der Waals surface area (Å²) in [5.41, 5.74) is 0.971. The largest absolute Gasteiger partial charge is 0.411 e. The minimum absolute atomic E-state index is 0.169. The zero-order valence-corrected chi connectivity index (χ0v) is 12.7. The molecule has 5 nitrogen and oxygen atoms in total. The zero-order chi connectivity index (χ0) is 14.1. The molecule has 0 saturated carbocycles. The standard InChI is InChI=1S/C12H9N3O2S3/c1-6(15-17)7-5-19-12(13-7)14-11(16)10-4-9-8(20-10)2-3-18-9/h2-5,17H,1H3,(H,13,14,16)/b15-6-. The Kier molecular flexibility index (Phi) is 3.51. The number of nitrogens with zero attached hydrogens (tertiary/aromatic N) is 2. The van der Waals surface area contributed by atoms with Gasteiger partial charge in [-0.3, -0.25) is 10.1 Å². The van der Waals surface area contributed by atoms with E-state index in [1.54, 1.807) is 23.6 Å². The highest BCUT2D eigenvalue weighted by Gasteiger charge is 2.13. The maximum absolute atomic E-state index is 12.1. The predicted octanol–water partition coefficient (Wildman–Crippen LogP) is 3.87. The lowest BCUT2D eigenvalue weighted by molar-refractivity contribution is 0.103. The van der Waals surface area contributed by atoms with Crippen molar-refractivity contribution in [1.29, 1.82) is 0 Å². The van der Waals surface area contributed by atoms with E-state index in [9.17, 15) is 4.79 Å². The van der Waals surface area contributed by atoms with Crippen molar-refractivity contribution in [2.75, 3.05) is 5.32 Å². The second-order valence-corrected chi connectivity index (χ2v) is 6.83. The number of fused-ring (bicyclic) bond motifs is 1. The Hall–Kier alpha value is -1.77. The fraction of sp³-hybridized carbons (Fsp3) is 0.0833. The monoisotopic (exact) mass is 323 g/mol. The number of aromatic nitrogens is 1. The number of anilines is 1. The number of thiazole rings is 1. The van der Waals surface area contributed by atoms with E-state index in [0.29, 0.717) is 21.4 Å². The molecule has 3 aromatic heterocycles. The lowest BCUT2D eigenvalue weighted by Crippen LogP contribution is -2.10. The third-order valence-corrected chi connectivity index (χ3v) is 5.46. The molecule has 0 spiro atoms. The molecule has 0 radical (unpaired) electrons. The molecule has 3 aromatic rings. The molecular weight excluding hydrogens is 314 g/mol. The maximum Gasteiger partial charge on any atom is 0.267 e. The highest BCUT2D eigenvalue weighted by atomic mass is 32.1. The van der Waals surface area contributed by atoms with Gasteiger partial charge in [-0.25, -0.2) is 4.98 Å². The fourth-order valence-electron chi connectivity index (χ4n) is 1.58. The molecule has 1 amide bonds. The third kappa shape index (κ3) is 2.45. The average molecular weight is 323 g/mol. The van der Waals surface area contributed by atoms with Gasteiger partial charge >= 0.3 is 0 Å². The van der Waals surface area contributed by atoms with Gasteiger partial charge in [-0.2, -0.15) is 0 Å². The smallest absolute Gasteiger partial charge is 0.267 e. The van der Waals surface area contributed by atoms with Crippen LogP contribution in [0.5, 0.6) is 0 Å². The molecule has 0 atom stereocenters. The molecule has 0 aliphatic rings. The summed E-state index contributed by atoms with van der Waals surface area (Å²) in [5.74, 6) is -0.169. The number of hydrogen-bond acceptors (Lipinski definition) is 7. The van der Waals surface area contributed by atoms with Crippen LogP contribution >= 0.6 is 34.0 Å². The molecule has 20 heavy (non-hydrogen) atoms. The van der Waals surface area contributed by atoms with Crippen molar-refractivity contribution in [2.45, 2.75) is 6.92 Å². The van der Waals surface area contributed by atoms with Gasteiger partial charge < -0.3 is 5.21 Å². The zero-order valence-electron chi connectivity index (χ0n) is 10.3. The number of thiophene rings is 2. The Labute approximate surface area is 126 Å². The van der Waals surface area contributed by atoms with Gasteiger partial charge in [0.15, 0.2) is 5.13 Å². The van der Waals surface area contributed by atoms with E-state index < -0.39 is 0 Å². The number of rotatable bonds is 3. The Morgan fingerprint density at radius 3 is 3.00 bits per heavy atom. The number of nitrogens with one attached hydrogen (secondary N) is 1. The fourth-order valence-corrected chi connectivity index (χ4v) is 4.34. The normalized spacial score (nSPS) is 11.9. The van der Waals surface area contributed by atoms with E-state index in [0.717, 1.165) is 9.40 Å². The molecule has 0 fully saturated rings. The van der Waals surface area contributed by atoms with Crippen molar-refractivity contribution in [2.24, 2.45) is 5.16 Å². The van der Waals surface area contributed by atoms with Gasteiger partial charge in [-0.05, 0) is 24.4 Å². The van der Waals surface area contributed by atoms with Gasteiger partial charge in [0.25, 0.3) is 5.91 Å². The number of carbonyl (C=O) groups is 1. The van der Waals surface area contributed by atoms with E-state index in [-0.39, 0.29) is 5.91 Å². The first-order chi connectivity index (χ1) is 9.67. The van der Waals surface area contributed by atoms with Crippen LogP contribution in [0.3, 0.4) is 0 Å². The SMILES string of the molecule is C/C(=N/O)c1csc(NC(=O)c2cc3sccc3s2)n1. The van der Waals surface area contributed by atoms with Gasteiger partial charge in [-0.15, -0.1) is 34.0 Å². The minimum Gasteiger partial charge on any atom is -0.411 e. The van der Waals surface area contributed by atoms with Crippen molar-refractivity contribution in [3.8, 4) is 0 Å². The summed E-state index contributed by atoms with van der Waals surface area (Å²) in [6.07, 6.45) is 0. The van der Waals surface area contributed by atoms with Crippen molar-refractivity contribution < 1.29 is 10.0 Å². The number of amides is 1. The Balaban J connectivity index is 1.78. The van der Waals surface area contributed by atoms with Crippen LogP contribution in [-0.2, 0) is 0 Å². The van der Waals surface area contributed by atoms with E-state index in [1.807, 2.05) is 17.5 Å². The summed E-state index contributed by atoms with van der Waals surface area (Å²) in [5, 5.41) is 18.8. The molecule has 0 aliphatic carbocycles. The van der Waals surface area contributed by atoms with Crippen molar-refractivity contribution in [3.63, 3.8) is 0 Å². The molecule has 2 N–H and O–H groups in total. The molecule has 3 rings (SSSR count). The number of oxime groups is 1. The van der Waals surface area contributed by atoms with Gasteiger partial charge in [0.05, 0.1) is 4.88 Å². The molecule has 0 bridgehead atoms. The van der Waals surface area contributed by atoms with E-state index in [1.165, 1.54) is 22.7 Å². The summed E-state index contributed by atoms with van der Waals surface area (Å²) in [4.78, 5) is 17.0. The maximum atomic E-state index is 12.1. The molecule has 0 aromatic carbocycles. The van der Waals surface area contributed by atoms with Crippen LogP contribution in [0.4, 0.5) is 5.13 Å². The molecule has 8 heteroatoms. The van der Waals surface area contributed by atoms with Gasteiger partial charge in [0.2, 0.25) is 0 Å². The quantitative estimate of drug-likeness (QED) is 0.436. The topological polar surface area (TPSA) is 74.6 Å². The van der Waals surface area contributed by atoms with Crippen molar-refractivity contribution in [1.82, 2.24) is 4.98 Å². The highest BCUT2D eigenvalue weighted by molar-refractivity contribution is 7.28. The Bertz CT molecular complexity index is 771. The molecule has 102 valence electrons. The summed E-state index contributed by atoms with van der Waals surface area (Å²) in [6, 6.07) is 3.89. The van der Waals surface area contributed by atoms with Crippen LogP contribution in [0, 0.1) is 0 Å². The van der Waals surface area contributed by atoms with Crippen LogP contribution in [0.1, 0.15) is 22.3 Å². The first-order valence-electron chi connectivity index (χ1n) is 5.60. The van der Waals surface area contributed by atoms with E-state index in [2.05, 4.69) is 15.5 Å². The molecule has 3 heterocycles. The lowest BCUT2D eigenvalue weighted by Gasteiger charge is -1.97. The Morgan fingerprint density at radius 1 is 1.40 bits per heavy atom. The van der Waals surface area contributed by atoms with Crippen molar-refractivity contribution >= 4 is 60.2 Å². The number of hydrogen-bond donors (Lipinski definition) is 2. The van der Waals surface area contributed by atoms with Crippen molar-refractivity contribution in [3.05, 3.63) is 33.5 Å². The molecule has 0 unspecified atom stereocenters. The summed E-state index contributed by atoms with van der Waals surface area (Å²) in [6.45, 7) is 1.65. The summed E-state index contributed by atoms with van der Waals surface area (Å²) in [7, 11) is 0. The van der Waals surface area contributed by atoms with Crippen LogP contribution in [0.15, 0.2) is 28.0 Å². The van der Waals surface area contributed by atoms with Gasteiger partial charge in [0.1, 0.15) is 11.4 Å². The van der Waals surface area contributed by atoms with Crippen LogP contribution in [-0.4, -0.2) is 21.8 Å². The third-order valence-electron chi connectivity index (χ3n) is 2.61. The van der Waals surface area contributed by atoms with Crippen LogP contribution in [0.2, 0.25) is 0 Å². The van der Waals surface area contributed by atoms with Gasteiger partial charge in [-0.1, -0.05) is 5.16 Å². The second-order valence-electron chi connectivity index (χ2n) is 3.94. The van der Waals surface area contributed by atoms with Crippen LogP contribution < -0.4 is 5.32 Å². The van der Waals surface area contributed by atoms with Gasteiger partial charge in [0, 0.05) is 14.8 Å². The molecular formula is C12H9N3O2S3. The van der Waals surface area contributed by atoms with Crippen LogP contribution in [0.25, 0.3) is 9.40 Å². The highest BCUT2D eigenvalue weighted by Crippen LogP contribution is 2.30. The second kappa shape index (κ2) is 5.31. The summed E-state index contributed by atoms with van der Waals surface area (Å²) >= 11 is 4.37. The Morgan fingerprint density at radius 2 is 2.25 bits per heavy atom. The first-order valence-corrected chi connectivity index (χ1v) is 8.18. The average Bonchev–Trinajstić information content (AvgIpc) is 3.11. The number of carbonyl (C=O) groups excluding carboxylic acids is 1. The molecule has 0 saturated heterocycles. The minimum atomic E-state index is -0.169. The first kappa shape index (κ1) is 13.2. The lowest BCUT2D eigenvalue weighted by atomic mass is 10.3. The van der Waals surface area contributed by atoms with E-state index >= 15 is 0 Å². The van der Waals surface area contributed by atoms with E-state index in [4.69, 9.17) is 5.21 Å².